The van der Waals surface area contributed by atoms with Crippen LogP contribution in [0, 0.1) is 0 Å². The Bertz CT molecular complexity index is 321. The predicted octanol–water partition coefficient (Wildman–Crippen LogP) is 2.39. The maximum absolute atomic E-state index is 5.50. The van der Waals surface area contributed by atoms with Crippen molar-refractivity contribution in [3.63, 3.8) is 0 Å². The summed E-state index contributed by atoms with van der Waals surface area (Å²) in [5.41, 5.74) is 6.63. The number of hydrogen-bond acceptors (Lipinski definition) is 3. The van der Waals surface area contributed by atoms with E-state index >= 15 is 0 Å². The number of nitrogens with two attached hydrogens (primary N) is 1. The molecule has 5 heteroatoms. The average Bonchev–Trinajstić information content (AvgIpc) is 2.21. The third kappa shape index (κ3) is 3.26. The quantitative estimate of drug-likeness (QED) is 0.928. The summed E-state index contributed by atoms with van der Waals surface area (Å²) >= 11 is 3.47. The van der Waals surface area contributed by atoms with E-state index in [0.717, 1.165) is 28.0 Å². The van der Waals surface area contributed by atoms with Crippen LogP contribution in [-0.2, 0) is 6.42 Å². The molecular formula is C10H15BrClNO2. The molecule has 0 aliphatic heterocycles. The fraction of sp³-hybridized carbons (Fsp3) is 0.400. The van der Waals surface area contributed by atoms with E-state index < -0.39 is 0 Å². The van der Waals surface area contributed by atoms with E-state index in [0.29, 0.717) is 6.54 Å². The number of ether oxygens (including phenoxy) is 2. The second-order valence-electron chi connectivity index (χ2n) is 2.81. The first-order chi connectivity index (χ1) is 6.74. The van der Waals surface area contributed by atoms with E-state index in [-0.39, 0.29) is 12.4 Å². The van der Waals surface area contributed by atoms with E-state index in [9.17, 15) is 0 Å². The Morgan fingerprint density at radius 2 is 1.93 bits per heavy atom. The molecule has 0 saturated carbocycles. The molecule has 0 heterocycles. The van der Waals surface area contributed by atoms with Gasteiger partial charge in [-0.25, -0.2) is 0 Å². The van der Waals surface area contributed by atoms with Gasteiger partial charge in [0.2, 0.25) is 0 Å². The van der Waals surface area contributed by atoms with Gasteiger partial charge in [0, 0.05) is 0 Å². The van der Waals surface area contributed by atoms with Gasteiger partial charge >= 0.3 is 0 Å². The molecule has 0 radical (unpaired) electrons. The SMILES string of the molecule is COc1ccc(CCN)c(Br)c1OC.Cl. The lowest BCUT2D eigenvalue weighted by molar-refractivity contribution is 0.352. The minimum absolute atomic E-state index is 0. The number of benzene rings is 1. The lowest BCUT2D eigenvalue weighted by Gasteiger charge is -2.12. The highest BCUT2D eigenvalue weighted by Gasteiger charge is 2.11. The van der Waals surface area contributed by atoms with Crippen LogP contribution in [-0.4, -0.2) is 20.8 Å². The Morgan fingerprint density at radius 3 is 2.40 bits per heavy atom. The maximum atomic E-state index is 5.50. The van der Waals surface area contributed by atoms with Gasteiger partial charge in [-0.15, -0.1) is 12.4 Å². The summed E-state index contributed by atoms with van der Waals surface area (Å²) in [5.74, 6) is 1.44. The van der Waals surface area contributed by atoms with Crippen molar-refractivity contribution in [2.24, 2.45) is 5.73 Å². The molecule has 0 fully saturated rings. The number of halogens is 2. The zero-order valence-corrected chi connectivity index (χ0v) is 11.2. The van der Waals surface area contributed by atoms with Crippen molar-refractivity contribution in [2.75, 3.05) is 20.8 Å². The van der Waals surface area contributed by atoms with Crippen molar-refractivity contribution in [3.05, 3.63) is 22.2 Å². The van der Waals surface area contributed by atoms with Crippen molar-refractivity contribution < 1.29 is 9.47 Å². The number of rotatable bonds is 4. The third-order valence-corrected chi connectivity index (χ3v) is 2.85. The minimum atomic E-state index is 0. The Balaban J connectivity index is 0.00000196. The van der Waals surface area contributed by atoms with E-state index in [1.165, 1.54) is 0 Å². The largest absolute Gasteiger partial charge is 0.493 e. The first kappa shape index (κ1) is 14.5. The lowest BCUT2D eigenvalue weighted by Crippen LogP contribution is -2.04. The summed E-state index contributed by atoms with van der Waals surface area (Å²) in [5, 5.41) is 0. The number of methoxy groups -OCH3 is 2. The summed E-state index contributed by atoms with van der Waals surface area (Å²) in [6.07, 6.45) is 0.820. The summed E-state index contributed by atoms with van der Waals surface area (Å²) in [7, 11) is 3.24. The molecule has 1 aromatic rings. The predicted molar refractivity (Wildman–Crippen MR) is 67.3 cm³/mol. The molecule has 15 heavy (non-hydrogen) atoms. The molecule has 0 saturated heterocycles. The van der Waals surface area contributed by atoms with Crippen molar-refractivity contribution in [1.29, 1.82) is 0 Å². The molecule has 1 rings (SSSR count). The van der Waals surface area contributed by atoms with Crippen molar-refractivity contribution in [3.8, 4) is 11.5 Å². The molecule has 0 aliphatic rings. The Hall–Kier alpha value is -0.450. The van der Waals surface area contributed by atoms with Gasteiger partial charge in [0.05, 0.1) is 18.7 Å². The highest BCUT2D eigenvalue weighted by molar-refractivity contribution is 9.10. The van der Waals surface area contributed by atoms with Crippen molar-refractivity contribution >= 4 is 28.3 Å². The summed E-state index contributed by atoms with van der Waals surface area (Å²) in [4.78, 5) is 0. The molecule has 0 atom stereocenters. The van der Waals surface area contributed by atoms with Gasteiger partial charge in [-0.2, -0.15) is 0 Å². The van der Waals surface area contributed by atoms with E-state index in [2.05, 4.69) is 15.9 Å². The fourth-order valence-corrected chi connectivity index (χ4v) is 1.97. The summed E-state index contributed by atoms with van der Waals surface area (Å²) < 4.78 is 11.3. The molecule has 86 valence electrons. The zero-order valence-electron chi connectivity index (χ0n) is 8.75. The molecule has 0 bridgehead atoms. The van der Waals surface area contributed by atoms with Crippen LogP contribution in [0.25, 0.3) is 0 Å². The van der Waals surface area contributed by atoms with Crippen LogP contribution in [0.1, 0.15) is 5.56 Å². The molecule has 0 spiro atoms. The third-order valence-electron chi connectivity index (χ3n) is 1.98. The van der Waals surface area contributed by atoms with Gasteiger partial charge in [-0.3, -0.25) is 0 Å². The molecule has 0 unspecified atom stereocenters. The van der Waals surface area contributed by atoms with E-state index in [1.54, 1.807) is 14.2 Å². The lowest BCUT2D eigenvalue weighted by atomic mass is 10.1. The highest BCUT2D eigenvalue weighted by atomic mass is 79.9. The monoisotopic (exact) mass is 295 g/mol. The molecule has 1 aromatic carbocycles. The summed E-state index contributed by atoms with van der Waals surface area (Å²) in [6, 6.07) is 3.87. The van der Waals surface area contributed by atoms with E-state index in [4.69, 9.17) is 15.2 Å². The zero-order chi connectivity index (χ0) is 10.6. The topological polar surface area (TPSA) is 44.5 Å². The first-order valence-corrected chi connectivity index (χ1v) is 5.13. The minimum Gasteiger partial charge on any atom is -0.493 e. The molecule has 0 amide bonds. The van der Waals surface area contributed by atoms with Crippen LogP contribution in [0.2, 0.25) is 0 Å². The highest BCUT2D eigenvalue weighted by Crippen LogP contribution is 2.37. The maximum Gasteiger partial charge on any atom is 0.175 e. The molecule has 2 N–H and O–H groups in total. The van der Waals surface area contributed by atoms with Crippen molar-refractivity contribution in [1.82, 2.24) is 0 Å². The van der Waals surface area contributed by atoms with Crippen LogP contribution in [0.4, 0.5) is 0 Å². The molecule has 0 aromatic heterocycles. The fourth-order valence-electron chi connectivity index (χ4n) is 1.28. The molecular weight excluding hydrogens is 281 g/mol. The first-order valence-electron chi connectivity index (χ1n) is 4.34. The Morgan fingerprint density at radius 1 is 1.27 bits per heavy atom. The van der Waals surface area contributed by atoms with Gasteiger partial charge in [-0.05, 0) is 40.5 Å². The van der Waals surface area contributed by atoms with Crippen LogP contribution in [0.15, 0.2) is 16.6 Å². The Kier molecular flexibility index (Phi) is 6.72. The molecule has 0 aliphatic carbocycles. The smallest absolute Gasteiger partial charge is 0.175 e. The second kappa shape index (κ2) is 6.93. The molecule has 3 nitrogen and oxygen atoms in total. The van der Waals surface area contributed by atoms with Gasteiger partial charge < -0.3 is 15.2 Å². The van der Waals surface area contributed by atoms with Crippen LogP contribution >= 0.6 is 28.3 Å². The van der Waals surface area contributed by atoms with Crippen LogP contribution in [0.5, 0.6) is 11.5 Å². The van der Waals surface area contributed by atoms with Gasteiger partial charge in [-0.1, -0.05) is 6.07 Å². The van der Waals surface area contributed by atoms with Gasteiger partial charge in [0.1, 0.15) is 0 Å². The van der Waals surface area contributed by atoms with Gasteiger partial charge in [0.25, 0.3) is 0 Å². The normalized spacial score (nSPS) is 9.33. The van der Waals surface area contributed by atoms with E-state index in [1.807, 2.05) is 12.1 Å². The summed E-state index contributed by atoms with van der Waals surface area (Å²) in [6.45, 7) is 0.619. The average molecular weight is 297 g/mol. The van der Waals surface area contributed by atoms with Crippen LogP contribution < -0.4 is 15.2 Å². The standard InChI is InChI=1S/C10H14BrNO2.ClH/c1-13-8-4-3-7(5-6-12)9(11)10(8)14-2;/h3-4H,5-6,12H2,1-2H3;1H. The second-order valence-corrected chi connectivity index (χ2v) is 3.61. The Labute approximate surface area is 104 Å². The van der Waals surface area contributed by atoms with Gasteiger partial charge in [0.15, 0.2) is 11.5 Å². The van der Waals surface area contributed by atoms with Crippen LogP contribution in [0.3, 0.4) is 0 Å². The number of hydrogen-bond donors (Lipinski definition) is 1. The van der Waals surface area contributed by atoms with Crippen molar-refractivity contribution in [2.45, 2.75) is 6.42 Å².